The summed E-state index contributed by atoms with van der Waals surface area (Å²) in [6, 6.07) is 7.48. The Balaban J connectivity index is 2.17. The molecule has 0 amide bonds. The largest absolute Gasteiger partial charge is 0.371 e. The molecule has 2 nitrogen and oxygen atoms in total. The molecule has 2 rings (SSSR count). The van der Waals surface area contributed by atoms with Crippen molar-refractivity contribution >= 4 is 5.69 Å². The van der Waals surface area contributed by atoms with Gasteiger partial charge in [-0.1, -0.05) is 12.1 Å². The van der Waals surface area contributed by atoms with E-state index in [2.05, 4.69) is 37.1 Å². The Morgan fingerprint density at radius 2 is 2.13 bits per heavy atom. The van der Waals surface area contributed by atoms with E-state index in [1.54, 1.807) is 0 Å². The molecule has 82 valence electrons. The first-order chi connectivity index (χ1) is 7.22. The van der Waals surface area contributed by atoms with Gasteiger partial charge in [-0.25, -0.2) is 0 Å². The maximum atomic E-state index is 5.56. The molecule has 15 heavy (non-hydrogen) atoms. The number of nitrogens with two attached hydrogens (primary N) is 1. The van der Waals surface area contributed by atoms with Crippen LogP contribution in [0.2, 0.25) is 0 Å². The maximum absolute atomic E-state index is 5.56. The molecule has 0 atom stereocenters. The number of benzene rings is 1. The van der Waals surface area contributed by atoms with Crippen molar-refractivity contribution in [2.45, 2.75) is 32.2 Å². The molecule has 1 saturated carbocycles. The lowest BCUT2D eigenvalue weighted by atomic mass is 10.1. The van der Waals surface area contributed by atoms with Crippen molar-refractivity contribution < 1.29 is 0 Å². The molecule has 0 bridgehead atoms. The summed E-state index contributed by atoms with van der Waals surface area (Å²) in [6.07, 6.45) is 3.68. The molecule has 1 fully saturated rings. The van der Waals surface area contributed by atoms with Crippen molar-refractivity contribution in [2.75, 3.05) is 18.5 Å². The molecule has 1 aliphatic carbocycles. The van der Waals surface area contributed by atoms with Crippen LogP contribution in [0, 0.1) is 6.92 Å². The average Bonchev–Trinajstić information content (AvgIpc) is 3.01. The molecule has 0 saturated heterocycles. The predicted molar refractivity (Wildman–Crippen MR) is 65.4 cm³/mol. The summed E-state index contributed by atoms with van der Waals surface area (Å²) in [7, 11) is 2.20. The number of anilines is 1. The van der Waals surface area contributed by atoms with E-state index in [9.17, 15) is 0 Å². The van der Waals surface area contributed by atoms with Gasteiger partial charge in [0.15, 0.2) is 0 Å². The Labute approximate surface area is 92.1 Å². The van der Waals surface area contributed by atoms with Gasteiger partial charge in [-0.3, -0.25) is 0 Å². The lowest BCUT2D eigenvalue weighted by molar-refractivity contribution is 0.906. The number of rotatable bonds is 4. The van der Waals surface area contributed by atoms with E-state index in [1.165, 1.54) is 29.7 Å². The molecule has 2 N–H and O–H groups in total. The van der Waals surface area contributed by atoms with Gasteiger partial charge >= 0.3 is 0 Å². The Kier molecular flexibility index (Phi) is 2.96. The lowest BCUT2D eigenvalue weighted by Crippen LogP contribution is -2.20. The second kappa shape index (κ2) is 4.23. The van der Waals surface area contributed by atoms with Crippen LogP contribution in [0.25, 0.3) is 0 Å². The molecule has 2 heteroatoms. The quantitative estimate of drug-likeness (QED) is 0.813. The monoisotopic (exact) mass is 204 g/mol. The molecule has 1 aliphatic rings. The van der Waals surface area contributed by atoms with Crippen LogP contribution in [-0.4, -0.2) is 19.6 Å². The maximum Gasteiger partial charge on any atom is 0.0396 e. The van der Waals surface area contributed by atoms with Gasteiger partial charge < -0.3 is 10.6 Å². The van der Waals surface area contributed by atoms with Gasteiger partial charge in [-0.2, -0.15) is 0 Å². The van der Waals surface area contributed by atoms with Crippen molar-refractivity contribution in [3.63, 3.8) is 0 Å². The molecular weight excluding hydrogens is 184 g/mol. The Morgan fingerprint density at radius 1 is 1.40 bits per heavy atom. The number of aryl methyl sites for hydroxylation is 1. The van der Waals surface area contributed by atoms with E-state index in [4.69, 9.17) is 5.73 Å². The van der Waals surface area contributed by atoms with Gasteiger partial charge in [0, 0.05) is 18.8 Å². The fourth-order valence-electron chi connectivity index (χ4n) is 2.09. The van der Waals surface area contributed by atoms with Crippen molar-refractivity contribution in [1.29, 1.82) is 0 Å². The van der Waals surface area contributed by atoms with E-state index in [0.29, 0.717) is 0 Å². The van der Waals surface area contributed by atoms with Crippen molar-refractivity contribution in [1.82, 2.24) is 0 Å². The summed E-state index contributed by atoms with van der Waals surface area (Å²) in [5.41, 5.74) is 9.65. The Morgan fingerprint density at radius 3 is 2.67 bits per heavy atom. The third-order valence-electron chi connectivity index (χ3n) is 3.17. The van der Waals surface area contributed by atoms with Gasteiger partial charge in [-0.05, 0) is 49.9 Å². The molecule has 0 spiro atoms. The third kappa shape index (κ3) is 2.32. The first-order valence-corrected chi connectivity index (χ1v) is 5.75. The number of nitrogens with zero attached hydrogens (tertiary/aromatic N) is 1. The SMILES string of the molecule is Cc1cc(CCN)ccc1N(C)C1CC1. The summed E-state index contributed by atoms with van der Waals surface area (Å²) in [6.45, 7) is 2.92. The summed E-state index contributed by atoms with van der Waals surface area (Å²) >= 11 is 0. The summed E-state index contributed by atoms with van der Waals surface area (Å²) < 4.78 is 0. The van der Waals surface area contributed by atoms with E-state index >= 15 is 0 Å². The van der Waals surface area contributed by atoms with E-state index < -0.39 is 0 Å². The normalized spacial score (nSPS) is 15.4. The third-order valence-corrected chi connectivity index (χ3v) is 3.17. The van der Waals surface area contributed by atoms with Gasteiger partial charge in [0.05, 0.1) is 0 Å². The zero-order valence-corrected chi connectivity index (χ0v) is 9.66. The summed E-state index contributed by atoms with van der Waals surface area (Å²) in [4.78, 5) is 2.40. The van der Waals surface area contributed by atoms with Crippen LogP contribution < -0.4 is 10.6 Å². The van der Waals surface area contributed by atoms with E-state index in [1.807, 2.05) is 0 Å². The number of hydrogen-bond donors (Lipinski definition) is 1. The molecule has 0 heterocycles. The van der Waals surface area contributed by atoms with Crippen LogP contribution in [0.15, 0.2) is 18.2 Å². The fourth-order valence-corrected chi connectivity index (χ4v) is 2.09. The van der Waals surface area contributed by atoms with Gasteiger partial charge in [-0.15, -0.1) is 0 Å². The lowest BCUT2D eigenvalue weighted by Gasteiger charge is -2.21. The topological polar surface area (TPSA) is 29.3 Å². The van der Waals surface area contributed by atoms with Gasteiger partial charge in [0.2, 0.25) is 0 Å². The molecule has 1 aromatic rings. The highest BCUT2D eigenvalue weighted by Crippen LogP contribution is 2.32. The second-order valence-electron chi connectivity index (χ2n) is 4.50. The molecule has 0 unspecified atom stereocenters. The predicted octanol–water partition coefficient (Wildman–Crippen LogP) is 2.09. The molecule has 0 aliphatic heterocycles. The van der Waals surface area contributed by atoms with Crippen LogP contribution in [0.1, 0.15) is 24.0 Å². The van der Waals surface area contributed by atoms with Gasteiger partial charge in [0.1, 0.15) is 0 Å². The highest BCUT2D eigenvalue weighted by atomic mass is 15.2. The smallest absolute Gasteiger partial charge is 0.0396 e. The van der Waals surface area contributed by atoms with Crippen LogP contribution in [-0.2, 0) is 6.42 Å². The zero-order chi connectivity index (χ0) is 10.8. The van der Waals surface area contributed by atoms with Crippen molar-refractivity contribution in [3.8, 4) is 0 Å². The first-order valence-electron chi connectivity index (χ1n) is 5.75. The molecule has 0 aromatic heterocycles. The Bertz CT molecular complexity index is 342. The standard InChI is InChI=1S/C13H20N2/c1-10-9-11(7-8-14)3-6-13(10)15(2)12-4-5-12/h3,6,9,12H,4-5,7-8,14H2,1-2H3. The van der Waals surface area contributed by atoms with Crippen LogP contribution in [0.4, 0.5) is 5.69 Å². The highest BCUT2D eigenvalue weighted by Gasteiger charge is 2.26. The van der Waals surface area contributed by atoms with Crippen LogP contribution >= 0.6 is 0 Å². The first kappa shape index (κ1) is 10.5. The Hall–Kier alpha value is -1.02. The number of hydrogen-bond acceptors (Lipinski definition) is 2. The molecule has 0 radical (unpaired) electrons. The summed E-state index contributed by atoms with van der Waals surface area (Å²) in [5.74, 6) is 0. The second-order valence-corrected chi connectivity index (χ2v) is 4.50. The van der Waals surface area contributed by atoms with Crippen molar-refractivity contribution in [2.24, 2.45) is 5.73 Å². The fraction of sp³-hybridized carbons (Fsp3) is 0.538. The van der Waals surface area contributed by atoms with E-state index in [0.717, 1.165) is 19.0 Å². The minimum Gasteiger partial charge on any atom is -0.371 e. The zero-order valence-electron chi connectivity index (χ0n) is 9.66. The van der Waals surface area contributed by atoms with E-state index in [-0.39, 0.29) is 0 Å². The minimum atomic E-state index is 0.733. The van der Waals surface area contributed by atoms with Crippen molar-refractivity contribution in [3.05, 3.63) is 29.3 Å². The summed E-state index contributed by atoms with van der Waals surface area (Å²) in [5, 5.41) is 0. The van der Waals surface area contributed by atoms with Crippen LogP contribution in [0.5, 0.6) is 0 Å². The van der Waals surface area contributed by atoms with Gasteiger partial charge in [0.25, 0.3) is 0 Å². The average molecular weight is 204 g/mol. The van der Waals surface area contributed by atoms with Crippen LogP contribution in [0.3, 0.4) is 0 Å². The molecular formula is C13H20N2. The minimum absolute atomic E-state index is 0.733. The molecule has 1 aromatic carbocycles. The highest BCUT2D eigenvalue weighted by molar-refractivity contribution is 5.55.